The number of anilines is 1. The number of aryl methyl sites for hydroxylation is 1. The van der Waals surface area contributed by atoms with Gasteiger partial charge < -0.3 is 10.1 Å². The summed E-state index contributed by atoms with van der Waals surface area (Å²) in [7, 11) is 1.34. The van der Waals surface area contributed by atoms with Crippen LogP contribution in [0.4, 0.5) is 5.69 Å². The van der Waals surface area contributed by atoms with Crippen LogP contribution in [-0.4, -0.2) is 24.9 Å². The van der Waals surface area contributed by atoms with E-state index in [-0.39, 0.29) is 11.9 Å². The molecule has 1 aromatic rings. The molecule has 4 nitrogen and oxygen atoms in total. The second-order valence-corrected chi connectivity index (χ2v) is 4.59. The molecule has 0 aliphatic heterocycles. The molecule has 5 heteroatoms. The van der Waals surface area contributed by atoms with Crippen LogP contribution in [0.3, 0.4) is 0 Å². The Morgan fingerprint density at radius 2 is 2.05 bits per heavy atom. The lowest BCUT2D eigenvalue weighted by molar-refractivity contribution is -0.116. The average Bonchev–Trinajstić information content (AvgIpc) is 2.40. The normalized spacial score (nSPS) is 10.1. The highest BCUT2D eigenvalue weighted by atomic mass is 35.5. The molecule has 0 saturated carbocycles. The number of unbranched alkanes of at least 4 members (excludes halogenated alkanes) is 1. The Bertz CT molecular complexity index is 460. The first-order valence-electron chi connectivity index (χ1n) is 6.13. The van der Waals surface area contributed by atoms with Crippen LogP contribution in [-0.2, 0) is 9.53 Å². The molecule has 0 radical (unpaired) electrons. The van der Waals surface area contributed by atoms with Gasteiger partial charge in [-0.2, -0.15) is 0 Å². The first-order valence-corrected chi connectivity index (χ1v) is 6.66. The molecule has 104 valence electrons. The topological polar surface area (TPSA) is 55.4 Å². The van der Waals surface area contributed by atoms with Gasteiger partial charge in [-0.3, -0.25) is 4.79 Å². The molecule has 0 bridgehead atoms. The zero-order valence-corrected chi connectivity index (χ0v) is 11.9. The molecule has 0 aliphatic rings. The van der Waals surface area contributed by atoms with Gasteiger partial charge in [0.25, 0.3) is 0 Å². The number of alkyl halides is 1. The molecule has 19 heavy (non-hydrogen) atoms. The minimum Gasteiger partial charge on any atom is -0.465 e. The zero-order valence-electron chi connectivity index (χ0n) is 11.2. The van der Waals surface area contributed by atoms with E-state index in [1.54, 1.807) is 18.2 Å². The summed E-state index contributed by atoms with van der Waals surface area (Å²) in [5.74, 6) is 0.141. The number of hydrogen-bond donors (Lipinski definition) is 1. The quantitative estimate of drug-likeness (QED) is 0.496. The second kappa shape index (κ2) is 7.79. The van der Waals surface area contributed by atoms with Crippen molar-refractivity contribution in [3.63, 3.8) is 0 Å². The van der Waals surface area contributed by atoms with Crippen molar-refractivity contribution in [2.45, 2.75) is 26.2 Å². The number of carbonyl (C=O) groups is 2. The largest absolute Gasteiger partial charge is 0.465 e. The first-order chi connectivity index (χ1) is 9.08. The lowest BCUT2D eigenvalue weighted by Gasteiger charge is -2.09. The van der Waals surface area contributed by atoms with Gasteiger partial charge in [-0.05, 0) is 43.5 Å². The third-order valence-electron chi connectivity index (χ3n) is 2.71. The number of rotatable bonds is 6. The monoisotopic (exact) mass is 283 g/mol. The summed E-state index contributed by atoms with van der Waals surface area (Å²) in [6.07, 6.45) is 2.05. The van der Waals surface area contributed by atoms with Crippen LogP contribution in [0, 0.1) is 6.92 Å². The van der Waals surface area contributed by atoms with Crippen molar-refractivity contribution in [2.24, 2.45) is 0 Å². The number of halogens is 1. The van der Waals surface area contributed by atoms with Gasteiger partial charge in [0, 0.05) is 18.0 Å². The smallest absolute Gasteiger partial charge is 0.337 e. The molecule has 0 fully saturated rings. The van der Waals surface area contributed by atoms with E-state index in [1.165, 1.54) is 7.11 Å². The van der Waals surface area contributed by atoms with Gasteiger partial charge in [0.05, 0.1) is 12.7 Å². The van der Waals surface area contributed by atoms with Crippen molar-refractivity contribution in [2.75, 3.05) is 18.3 Å². The number of methoxy groups -OCH3 is 1. The molecular weight excluding hydrogens is 266 g/mol. The predicted molar refractivity (Wildman–Crippen MR) is 75.7 cm³/mol. The van der Waals surface area contributed by atoms with E-state index in [1.807, 2.05) is 6.92 Å². The third-order valence-corrected chi connectivity index (χ3v) is 2.98. The molecular formula is C14H18ClNO3. The van der Waals surface area contributed by atoms with Crippen molar-refractivity contribution < 1.29 is 14.3 Å². The minimum atomic E-state index is -0.386. The Hall–Kier alpha value is -1.55. The molecule has 0 aromatic heterocycles. The van der Waals surface area contributed by atoms with Gasteiger partial charge in [-0.15, -0.1) is 11.6 Å². The molecule has 1 aromatic carbocycles. The highest BCUT2D eigenvalue weighted by molar-refractivity contribution is 6.17. The van der Waals surface area contributed by atoms with E-state index < -0.39 is 0 Å². The summed E-state index contributed by atoms with van der Waals surface area (Å²) in [4.78, 5) is 23.0. The van der Waals surface area contributed by atoms with Crippen molar-refractivity contribution >= 4 is 29.2 Å². The van der Waals surface area contributed by atoms with E-state index in [2.05, 4.69) is 10.1 Å². The van der Waals surface area contributed by atoms with Gasteiger partial charge in [0.15, 0.2) is 0 Å². The summed E-state index contributed by atoms with van der Waals surface area (Å²) in [5.41, 5.74) is 2.01. The zero-order chi connectivity index (χ0) is 14.3. The number of amides is 1. The van der Waals surface area contributed by atoms with Crippen molar-refractivity contribution in [1.82, 2.24) is 0 Å². The molecule has 0 saturated heterocycles. The first kappa shape index (κ1) is 15.5. The Morgan fingerprint density at radius 1 is 1.32 bits per heavy atom. The molecule has 1 amide bonds. The number of nitrogens with one attached hydrogen (secondary N) is 1. The van der Waals surface area contributed by atoms with Gasteiger partial charge in [-0.25, -0.2) is 4.79 Å². The van der Waals surface area contributed by atoms with Gasteiger partial charge in [-0.1, -0.05) is 0 Å². The maximum absolute atomic E-state index is 11.7. The fraction of sp³-hybridized carbons (Fsp3) is 0.429. The predicted octanol–water partition coefficient (Wildman–Crippen LogP) is 3.13. The van der Waals surface area contributed by atoms with Crippen molar-refractivity contribution in [1.29, 1.82) is 0 Å². The van der Waals surface area contributed by atoms with Crippen LogP contribution in [0.1, 0.15) is 35.2 Å². The molecule has 0 spiro atoms. The number of esters is 1. The molecule has 0 heterocycles. The molecule has 0 atom stereocenters. The maximum atomic E-state index is 11.7. The van der Waals surface area contributed by atoms with Crippen molar-refractivity contribution in [3.05, 3.63) is 29.3 Å². The summed E-state index contributed by atoms with van der Waals surface area (Å²) < 4.78 is 4.64. The molecule has 0 unspecified atom stereocenters. The van der Waals surface area contributed by atoms with Gasteiger partial charge in [0.1, 0.15) is 0 Å². The van der Waals surface area contributed by atoms with E-state index in [0.29, 0.717) is 23.6 Å². The summed E-state index contributed by atoms with van der Waals surface area (Å²) in [6.45, 7) is 1.83. The number of hydrogen-bond acceptors (Lipinski definition) is 3. The number of ether oxygens (including phenoxy) is 1. The Morgan fingerprint density at radius 3 is 2.63 bits per heavy atom. The highest BCUT2D eigenvalue weighted by Crippen LogP contribution is 2.17. The van der Waals surface area contributed by atoms with E-state index in [9.17, 15) is 9.59 Å². The highest BCUT2D eigenvalue weighted by Gasteiger charge is 2.09. The van der Waals surface area contributed by atoms with Crippen LogP contribution in [0.2, 0.25) is 0 Å². The standard InChI is InChI=1S/C14H18ClNO3/c1-10-9-11(14(18)19-2)6-7-12(10)16-13(17)5-3-4-8-15/h6-7,9H,3-5,8H2,1-2H3,(H,16,17). The fourth-order valence-electron chi connectivity index (χ4n) is 1.64. The van der Waals surface area contributed by atoms with Crippen LogP contribution >= 0.6 is 11.6 Å². The number of benzene rings is 1. The van der Waals surface area contributed by atoms with Crippen molar-refractivity contribution in [3.8, 4) is 0 Å². The fourth-order valence-corrected chi connectivity index (χ4v) is 1.83. The minimum absolute atomic E-state index is 0.0426. The lowest BCUT2D eigenvalue weighted by atomic mass is 10.1. The van der Waals surface area contributed by atoms with Crippen LogP contribution in [0.15, 0.2) is 18.2 Å². The Kier molecular flexibility index (Phi) is 6.36. The van der Waals surface area contributed by atoms with E-state index in [4.69, 9.17) is 11.6 Å². The van der Waals surface area contributed by atoms with Crippen LogP contribution in [0.5, 0.6) is 0 Å². The second-order valence-electron chi connectivity index (χ2n) is 4.22. The molecule has 1 rings (SSSR count). The lowest BCUT2D eigenvalue weighted by Crippen LogP contribution is -2.12. The van der Waals surface area contributed by atoms with Crippen LogP contribution in [0.25, 0.3) is 0 Å². The maximum Gasteiger partial charge on any atom is 0.337 e. The van der Waals surface area contributed by atoms with Gasteiger partial charge >= 0.3 is 5.97 Å². The SMILES string of the molecule is COC(=O)c1ccc(NC(=O)CCCCCl)c(C)c1. The Balaban J connectivity index is 2.64. The summed E-state index contributed by atoms with van der Waals surface area (Å²) >= 11 is 5.56. The number of carbonyl (C=O) groups excluding carboxylic acids is 2. The van der Waals surface area contributed by atoms with E-state index >= 15 is 0 Å². The summed E-state index contributed by atoms with van der Waals surface area (Å²) in [6, 6.07) is 5.04. The molecule has 0 aliphatic carbocycles. The van der Waals surface area contributed by atoms with Crippen LogP contribution < -0.4 is 5.32 Å². The average molecular weight is 284 g/mol. The Labute approximate surface area is 118 Å². The van der Waals surface area contributed by atoms with Gasteiger partial charge in [0.2, 0.25) is 5.91 Å². The van der Waals surface area contributed by atoms with E-state index in [0.717, 1.165) is 18.4 Å². The third kappa shape index (κ3) is 4.91. The summed E-state index contributed by atoms with van der Waals surface area (Å²) in [5, 5.41) is 2.82. The molecule has 1 N–H and O–H groups in total.